The topological polar surface area (TPSA) is 44.8 Å². The Labute approximate surface area is 168 Å². The number of hydrogen-bond acceptors (Lipinski definition) is 4. The summed E-state index contributed by atoms with van der Waals surface area (Å²) >= 11 is 11.9. The van der Waals surface area contributed by atoms with E-state index in [4.69, 9.17) is 37.4 Å². The van der Waals surface area contributed by atoms with E-state index in [0.29, 0.717) is 10.8 Å². The van der Waals surface area contributed by atoms with Crippen LogP contribution in [0.3, 0.4) is 0 Å². The number of esters is 1. The number of ether oxygens (including phenoxy) is 3. The van der Waals surface area contributed by atoms with Gasteiger partial charge < -0.3 is 14.2 Å². The third kappa shape index (κ3) is 4.36. The van der Waals surface area contributed by atoms with Gasteiger partial charge in [0, 0.05) is 16.7 Å². The summed E-state index contributed by atoms with van der Waals surface area (Å²) in [4.78, 5) is 12.0. The summed E-state index contributed by atoms with van der Waals surface area (Å²) in [7, 11) is 0. The largest absolute Gasteiger partial charge is 0.474 e. The summed E-state index contributed by atoms with van der Waals surface area (Å²) in [5.41, 5.74) is -0.499. The van der Waals surface area contributed by atoms with Crippen molar-refractivity contribution in [3.8, 4) is 17.2 Å². The standard InChI is InChI=1S/C19H13Cl2F3O4/c1-2-26-18(25)14-8-10-7-13(27-12-5-3-11(20)4-6-12)9-15(21)16(10)28-17(14)19(22,23)24/h3-9,17H,2H2,1H3. The van der Waals surface area contributed by atoms with Crippen LogP contribution in [0.2, 0.25) is 10.0 Å². The van der Waals surface area contributed by atoms with E-state index in [0.717, 1.165) is 6.08 Å². The molecule has 9 heteroatoms. The van der Waals surface area contributed by atoms with Gasteiger partial charge in [0.25, 0.3) is 0 Å². The molecule has 1 aliphatic rings. The SMILES string of the molecule is CCOC(=O)C1=Cc2cc(Oc3ccc(Cl)cc3)cc(Cl)c2OC1C(F)(F)F. The molecule has 0 aromatic heterocycles. The molecule has 0 aliphatic carbocycles. The molecule has 0 spiro atoms. The number of carbonyl (C=O) groups excluding carboxylic acids is 1. The Bertz CT molecular complexity index is 924. The fourth-order valence-electron chi connectivity index (χ4n) is 2.57. The molecule has 0 saturated carbocycles. The normalized spacial score (nSPS) is 15.9. The lowest BCUT2D eigenvalue weighted by Crippen LogP contribution is -2.40. The Balaban J connectivity index is 2.01. The summed E-state index contributed by atoms with van der Waals surface area (Å²) in [5, 5.41) is 0.430. The van der Waals surface area contributed by atoms with Crippen LogP contribution in [0, 0.1) is 0 Å². The first-order valence-corrected chi connectivity index (χ1v) is 8.83. The van der Waals surface area contributed by atoms with Crippen LogP contribution in [0.4, 0.5) is 13.2 Å². The molecule has 0 saturated heterocycles. The van der Waals surface area contributed by atoms with Crippen LogP contribution in [0.25, 0.3) is 6.08 Å². The Hall–Kier alpha value is -2.38. The summed E-state index contributed by atoms with van der Waals surface area (Å²) in [5.74, 6) is -0.615. The molecule has 1 atom stereocenters. The highest BCUT2D eigenvalue weighted by Gasteiger charge is 2.49. The maximum atomic E-state index is 13.4. The lowest BCUT2D eigenvalue weighted by molar-refractivity contribution is -0.187. The van der Waals surface area contributed by atoms with Crippen LogP contribution in [0.5, 0.6) is 17.2 Å². The van der Waals surface area contributed by atoms with Gasteiger partial charge in [-0.25, -0.2) is 4.79 Å². The van der Waals surface area contributed by atoms with E-state index in [1.165, 1.54) is 19.1 Å². The maximum absolute atomic E-state index is 13.4. The van der Waals surface area contributed by atoms with Crippen LogP contribution in [0.1, 0.15) is 12.5 Å². The number of alkyl halides is 3. The van der Waals surface area contributed by atoms with E-state index in [9.17, 15) is 18.0 Å². The van der Waals surface area contributed by atoms with Crippen molar-refractivity contribution in [2.75, 3.05) is 6.61 Å². The van der Waals surface area contributed by atoms with Gasteiger partial charge in [-0.1, -0.05) is 23.2 Å². The Morgan fingerprint density at radius 1 is 1.14 bits per heavy atom. The number of hydrogen-bond donors (Lipinski definition) is 0. The van der Waals surface area contributed by atoms with Crippen molar-refractivity contribution in [3.63, 3.8) is 0 Å². The highest BCUT2D eigenvalue weighted by Crippen LogP contribution is 2.43. The van der Waals surface area contributed by atoms with E-state index < -0.39 is 23.8 Å². The molecular formula is C19H13Cl2F3O4. The number of benzene rings is 2. The molecule has 1 unspecified atom stereocenters. The highest BCUT2D eigenvalue weighted by molar-refractivity contribution is 6.32. The van der Waals surface area contributed by atoms with E-state index in [1.54, 1.807) is 24.3 Å². The Kier molecular flexibility index (Phi) is 5.76. The summed E-state index contributed by atoms with van der Waals surface area (Å²) in [6.45, 7) is 1.42. The fourth-order valence-corrected chi connectivity index (χ4v) is 2.95. The monoisotopic (exact) mass is 432 g/mol. The first kappa shape index (κ1) is 20.4. The molecule has 0 amide bonds. The minimum absolute atomic E-state index is 0.0753. The van der Waals surface area contributed by atoms with Crippen molar-refractivity contribution in [2.45, 2.75) is 19.2 Å². The summed E-state index contributed by atoms with van der Waals surface area (Å²) in [6.07, 6.45) is -6.24. The zero-order valence-electron chi connectivity index (χ0n) is 14.3. The van der Waals surface area contributed by atoms with E-state index in [1.807, 2.05) is 0 Å². The number of carbonyl (C=O) groups is 1. The van der Waals surface area contributed by atoms with Gasteiger partial charge in [-0.05, 0) is 43.3 Å². The number of halogens is 5. The zero-order valence-corrected chi connectivity index (χ0v) is 15.9. The van der Waals surface area contributed by atoms with Gasteiger partial charge in [0.1, 0.15) is 17.2 Å². The molecule has 1 heterocycles. The predicted octanol–water partition coefficient (Wildman–Crippen LogP) is 6.06. The summed E-state index contributed by atoms with van der Waals surface area (Å²) < 4.78 is 55.5. The second-order valence-corrected chi connectivity index (χ2v) is 6.58. The third-order valence-electron chi connectivity index (χ3n) is 3.73. The Morgan fingerprint density at radius 2 is 1.82 bits per heavy atom. The average molecular weight is 433 g/mol. The molecule has 148 valence electrons. The van der Waals surface area contributed by atoms with Gasteiger partial charge >= 0.3 is 12.1 Å². The lowest BCUT2D eigenvalue weighted by Gasteiger charge is -2.28. The second kappa shape index (κ2) is 7.93. The second-order valence-electron chi connectivity index (χ2n) is 5.74. The average Bonchev–Trinajstić information content (AvgIpc) is 2.62. The van der Waals surface area contributed by atoms with Crippen LogP contribution in [-0.4, -0.2) is 24.9 Å². The molecule has 2 aromatic rings. The quantitative estimate of drug-likeness (QED) is 0.551. The van der Waals surface area contributed by atoms with E-state index in [-0.39, 0.29) is 28.7 Å². The number of rotatable bonds is 4. The van der Waals surface area contributed by atoms with Gasteiger partial charge in [0.15, 0.2) is 0 Å². The zero-order chi connectivity index (χ0) is 20.5. The molecule has 0 fully saturated rings. The molecule has 3 rings (SSSR count). The van der Waals surface area contributed by atoms with Gasteiger partial charge in [-0.2, -0.15) is 13.2 Å². The first-order valence-electron chi connectivity index (χ1n) is 8.08. The highest BCUT2D eigenvalue weighted by atomic mass is 35.5. The van der Waals surface area contributed by atoms with Crippen molar-refractivity contribution >= 4 is 35.2 Å². The lowest BCUT2D eigenvalue weighted by atomic mass is 10.0. The van der Waals surface area contributed by atoms with Crippen LogP contribution in [0.15, 0.2) is 42.0 Å². The fraction of sp³-hybridized carbons (Fsp3) is 0.211. The predicted molar refractivity (Wildman–Crippen MR) is 98.1 cm³/mol. The van der Waals surface area contributed by atoms with E-state index >= 15 is 0 Å². The molecule has 2 aromatic carbocycles. The molecule has 4 nitrogen and oxygen atoms in total. The minimum atomic E-state index is -4.82. The molecular weight excluding hydrogens is 420 g/mol. The summed E-state index contributed by atoms with van der Waals surface area (Å²) in [6, 6.07) is 9.21. The first-order chi connectivity index (χ1) is 13.2. The minimum Gasteiger partial charge on any atom is -0.474 e. The number of fused-ring (bicyclic) bond motifs is 1. The van der Waals surface area contributed by atoms with Crippen LogP contribution in [-0.2, 0) is 9.53 Å². The van der Waals surface area contributed by atoms with Gasteiger partial charge in [-0.3, -0.25) is 0 Å². The van der Waals surface area contributed by atoms with Crippen molar-refractivity contribution in [1.29, 1.82) is 0 Å². The smallest absolute Gasteiger partial charge is 0.430 e. The molecule has 28 heavy (non-hydrogen) atoms. The molecule has 1 aliphatic heterocycles. The maximum Gasteiger partial charge on any atom is 0.430 e. The van der Waals surface area contributed by atoms with Gasteiger partial charge in [0.05, 0.1) is 17.2 Å². The van der Waals surface area contributed by atoms with Crippen LogP contribution < -0.4 is 9.47 Å². The van der Waals surface area contributed by atoms with Gasteiger partial charge in [-0.15, -0.1) is 0 Å². The van der Waals surface area contributed by atoms with Crippen molar-refractivity contribution in [1.82, 2.24) is 0 Å². The molecule has 0 N–H and O–H groups in total. The van der Waals surface area contributed by atoms with Crippen molar-refractivity contribution in [2.24, 2.45) is 0 Å². The van der Waals surface area contributed by atoms with E-state index in [2.05, 4.69) is 0 Å². The Morgan fingerprint density at radius 3 is 2.43 bits per heavy atom. The molecule has 0 radical (unpaired) electrons. The van der Waals surface area contributed by atoms with Crippen molar-refractivity contribution in [3.05, 3.63) is 57.6 Å². The van der Waals surface area contributed by atoms with Crippen molar-refractivity contribution < 1.29 is 32.2 Å². The van der Waals surface area contributed by atoms with Crippen LogP contribution >= 0.6 is 23.2 Å². The third-order valence-corrected chi connectivity index (χ3v) is 4.27. The van der Waals surface area contributed by atoms with Gasteiger partial charge in [0.2, 0.25) is 6.10 Å². The molecule has 0 bridgehead atoms.